The third-order valence-corrected chi connectivity index (χ3v) is 2.10. The number of tetrazole rings is 1. The molecular weight excluding hydrogens is 212 g/mol. The van der Waals surface area contributed by atoms with Crippen LogP contribution < -0.4 is 5.32 Å². The SMILES string of the molecule is CCC(Nc1ccc2nnnn2n1)C(=O)O. The molecule has 0 fully saturated rings. The van der Waals surface area contributed by atoms with Crippen molar-refractivity contribution in [2.45, 2.75) is 19.4 Å². The van der Waals surface area contributed by atoms with Gasteiger partial charge in [-0.2, -0.15) is 0 Å². The van der Waals surface area contributed by atoms with Crippen molar-refractivity contribution < 1.29 is 9.90 Å². The molecule has 0 aromatic carbocycles. The van der Waals surface area contributed by atoms with Gasteiger partial charge in [-0.25, -0.2) is 4.79 Å². The molecule has 0 aliphatic carbocycles. The number of anilines is 1. The fourth-order valence-electron chi connectivity index (χ4n) is 1.24. The van der Waals surface area contributed by atoms with Crippen LogP contribution in [0.15, 0.2) is 12.1 Å². The summed E-state index contributed by atoms with van der Waals surface area (Å²) in [6.07, 6.45) is 0.463. The third kappa shape index (κ3) is 1.90. The predicted molar refractivity (Wildman–Crippen MR) is 53.9 cm³/mol. The van der Waals surface area contributed by atoms with Gasteiger partial charge in [-0.05, 0) is 29.0 Å². The summed E-state index contributed by atoms with van der Waals surface area (Å²) in [5.74, 6) is -0.491. The Balaban J connectivity index is 2.23. The molecule has 2 heterocycles. The highest BCUT2D eigenvalue weighted by molar-refractivity contribution is 5.76. The van der Waals surface area contributed by atoms with Crippen LogP contribution in [-0.2, 0) is 4.79 Å². The minimum atomic E-state index is -0.916. The summed E-state index contributed by atoms with van der Waals surface area (Å²) in [6, 6.07) is 2.63. The summed E-state index contributed by atoms with van der Waals surface area (Å²) < 4.78 is 1.23. The monoisotopic (exact) mass is 222 g/mol. The molecule has 8 heteroatoms. The second kappa shape index (κ2) is 4.09. The van der Waals surface area contributed by atoms with Crippen LogP contribution in [0.4, 0.5) is 5.82 Å². The Morgan fingerprint density at radius 2 is 2.44 bits per heavy atom. The van der Waals surface area contributed by atoms with E-state index in [1.54, 1.807) is 19.1 Å². The number of fused-ring (bicyclic) bond motifs is 1. The number of aliphatic carboxylic acids is 1. The Hall–Kier alpha value is -2.25. The number of rotatable bonds is 4. The molecular formula is C8H10N6O2. The maximum Gasteiger partial charge on any atom is 0.326 e. The maximum absolute atomic E-state index is 10.8. The molecule has 16 heavy (non-hydrogen) atoms. The van der Waals surface area contributed by atoms with Crippen molar-refractivity contribution >= 4 is 17.4 Å². The van der Waals surface area contributed by atoms with Crippen LogP contribution in [0.5, 0.6) is 0 Å². The molecule has 0 aliphatic heterocycles. The zero-order valence-corrected chi connectivity index (χ0v) is 8.53. The molecule has 84 valence electrons. The number of aromatic nitrogens is 5. The highest BCUT2D eigenvalue weighted by atomic mass is 16.4. The Labute approximate surface area is 90.3 Å². The number of nitrogens with one attached hydrogen (secondary N) is 1. The maximum atomic E-state index is 10.8. The molecule has 1 atom stereocenters. The lowest BCUT2D eigenvalue weighted by Crippen LogP contribution is -2.28. The van der Waals surface area contributed by atoms with Crippen molar-refractivity contribution in [3.05, 3.63) is 12.1 Å². The van der Waals surface area contributed by atoms with E-state index in [-0.39, 0.29) is 0 Å². The average molecular weight is 222 g/mol. The number of carboxylic acids is 1. The summed E-state index contributed by atoms with van der Waals surface area (Å²) in [5.41, 5.74) is 0.508. The molecule has 8 nitrogen and oxygen atoms in total. The van der Waals surface area contributed by atoms with Gasteiger partial charge in [0.05, 0.1) is 0 Å². The van der Waals surface area contributed by atoms with Crippen LogP contribution in [0.3, 0.4) is 0 Å². The van der Waals surface area contributed by atoms with Gasteiger partial charge in [0.2, 0.25) is 0 Å². The van der Waals surface area contributed by atoms with Crippen molar-refractivity contribution in [1.82, 2.24) is 25.3 Å². The van der Waals surface area contributed by atoms with Crippen LogP contribution in [-0.4, -0.2) is 42.4 Å². The van der Waals surface area contributed by atoms with E-state index in [4.69, 9.17) is 5.11 Å². The fraction of sp³-hybridized carbons (Fsp3) is 0.375. The highest BCUT2D eigenvalue weighted by Crippen LogP contribution is 2.06. The van der Waals surface area contributed by atoms with Gasteiger partial charge >= 0.3 is 5.97 Å². The van der Waals surface area contributed by atoms with Crippen molar-refractivity contribution in [2.24, 2.45) is 0 Å². The fourth-order valence-corrected chi connectivity index (χ4v) is 1.24. The Morgan fingerprint density at radius 1 is 1.62 bits per heavy atom. The molecule has 2 rings (SSSR count). The number of carboxylic acid groups (broad SMARTS) is 1. The number of nitrogens with zero attached hydrogens (tertiary/aromatic N) is 5. The third-order valence-electron chi connectivity index (χ3n) is 2.10. The first-order valence-corrected chi connectivity index (χ1v) is 4.75. The van der Waals surface area contributed by atoms with Gasteiger partial charge in [0.25, 0.3) is 0 Å². The van der Waals surface area contributed by atoms with Gasteiger partial charge in [-0.1, -0.05) is 6.92 Å². The first-order valence-electron chi connectivity index (χ1n) is 4.75. The van der Waals surface area contributed by atoms with E-state index in [1.165, 1.54) is 4.63 Å². The van der Waals surface area contributed by atoms with E-state index >= 15 is 0 Å². The first-order chi connectivity index (χ1) is 7.70. The lowest BCUT2D eigenvalue weighted by atomic mass is 10.2. The van der Waals surface area contributed by atoms with Crippen LogP contribution in [0.2, 0.25) is 0 Å². The average Bonchev–Trinajstić information content (AvgIpc) is 2.72. The minimum Gasteiger partial charge on any atom is -0.480 e. The smallest absolute Gasteiger partial charge is 0.326 e. The van der Waals surface area contributed by atoms with Gasteiger partial charge in [-0.15, -0.1) is 14.8 Å². The predicted octanol–water partition coefficient (Wildman–Crippen LogP) is -0.206. The van der Waals surface area contributed by atoms with Gasteiger partial charge in [0, 0.05) is 0 Å². The zero-order valence-electron chi connectivity index (χ0n) is 8.53. The number of hydrogen-bond donors (Lipinski definition) is 2. The van der Waals surface area contributed by atoms with Crippen LogP contribution in [0.1, 0.15) is 13.3 Å². The molecule has 0 saturated heterocycles. The van der Waals surface area contributed by atoms with Crippen LogP contribution in [0, 0.1) is 0 Å². The molecule has 0 bridgehead atoms. The molecule has 2 aromatic rings. The van der Waals surface area contributed by atoms with Crippen LogP contribution >= 0.6 is 0 Å². The Kier molecular flexibility index (Phi) is 2.63. The van der Waals surface area contributed by atoms with E-state index < -0.39 is 12.0 Å². The summed E-state index contributed by atoms with van der Waals surface area (Å²) >= 11 is 0. The molecule has 0 spiro atoms. The van der Waals surface area contributed by atoms with E-state index in [9.17, 15) is 4.79 Å². The van der Waals surface area contributed by atoms with E-state index in [0.29, 0.717) is 17.9 Å². The van der Waals surface area contributed by atoms with Gasteiger partial charge < -0.3 is 10.4 Å². The molecule has 0 radical (unpaired) electrons. The van der Waals surface area contributed by atoms with E-state index in [0.717, 1.165) is 0 Å². The quantitative estimate of drug-likeness (QED) is 0.737. The van der Waals surface area contributed by atoms with Gasteiger partial charge in [-0.3, -0.25) is 0 Å². The molecule has 2 N–H and O–H groups in total. The van der Waals surface area contributed by atoms with Gasteiger partial charge in [0.15, 0.2) is 5.65 Å². The second-order valence-corrected chi connectivity index (χ2v) is 3.19. The van der Waals surface area contributed by atoms with Crippen molar-refractivity contribution in [3.63, 3.8) is 0 Å². The van der Waals surface area contributed by atoms with E-state index in [2.05, 4.69) is 25.9 Å². The topological polar surface area (TPSA) is 105 Å². The molecule has 0 aliphatic rings. The van der Waals surface area contributed by atoms with Crippen molar-refractivity contribution in [1.29, 1.82) is 0 Å². The molecule has 0 amide bonds. The standard InChI is InChI=1S/C8H10N6O2/c1-2-5(8(15)16)9-6-3-4-7-10-12-13-14(7)11-6/h3-5H,2H2,1H3,(H,9,11)(H,15,16). The summed E-state index contributed by atoms with van der Waals surface area (Å²) in [6.45, 7) is 1.78. The lowest BCUT2D eigenvalue weighted by molar-refractivity contribution is -0.137. The first kappa shape index (κ1) is 10.3. The van der Waals surface area contributed by atoms with Gasteiger partial charge in [0.1, 0.15) is 11.9 Å². The van der Waals surface area contributed by atoms with Crippen molar-refractivity contribution in [3.8, 4) is 0 Å². The summed E-state index contributed by atoms with van der Waals surface area (Å²) in [7, 11) is 0. The molecule has 1 unspecified atom stereocenters. The molecule has 2 aromatic heterocycles. The molecule has 0 saturated carbocycles. The van der Waals surface area contributed by atoms with E-state index in [1.807, 2.05) is 0 Å². The summed E-state index contributed by atoms with van der Waals surface area (Å²) in [4.78, 5) is 10.8. The van der Waals surface area contributed by atoms with Crippen molar-refractivity contribution in [2.75, 3.05) is 5.32 Å². The zero-order chi connectivity index (χ0) is 11.5. The lowest BCUT2D eigenvalue weighted by Gasteiger charge is -2.11. The highest BCUT2D eigenvalue weighted by Gasteiger charge is 2.15. The largest absolute Gasteiger partial charge is 0.480 e. The Bertz CT molecular complexity index is 510. The second-order valence-electron chi connectivity index (χ2n) is 3.19. The van der Waals surface area contributed by atoms with Crippen LogP contribution in [0.25, 0.3) is 5.65 Å². The number of carbonyl (C=O) groups is 1. The normalized spacial score (nSPS) is 12.6. The summed E-state index contributed by atoms with van der Waals surface area (Å²) in [5, 5.41) is 26.4. The number of hydrogen-bond acceptors (Lipinski definition) is 6. The minimum absolute atomic E-state index is 0.425. The Morgan fingerprint density at radius 3 is 3.12 bits per heavy atom.